The second kappa shape index (κ2) is 35.1. The molecule has 0 spiro atoms. The van der Waals surface area contributed by atoms with Crippen LogP contribution in [0.5, 0.6) is 0 Å². The fourth-order valence-corrected chi connectivity index (χ4v) is 19.2. The number of unbranched alkanes of at least 4 members (excludes halogenated alkanes) is 28. The van der Waals surface area contributed by atoms with Crippen LogP contribution in [-0.2, 0) is 23.6 Å². The van der Waals surface area contributed by atoms with Crippen LogP contribution in [0.3, 0.4) is 0 Å². The van der Waals surface area contributed by atoms with Crippen LogP contribution in [0.15, 0.2) is 0 Å². The third-order valence-electron chi connectivity index (χ3n) is 9.86. The summed E-state index contributed by atoms with van der Waals surface area (Å²) in [4.78, 5) is 4.33. The lowest BCUT2D eigenvalue weighted by Gasteiger charge is -2.33. The largest absolute Gasteiger partial charge is 0.259 e. The van der Waals surface area contributed by atoms with E-state index < -0.39 is 12.4 Å². The first kappa shape index (κ1) is 46.3. The van der Waals surface area contributed by atoms with Gasteiger partial charge in [-0.05, 0) is 50.3 Å². The van der Waals surface area contributed by atoms with E-state index in [0.29, 0.717) is 0 Å². The SMILES string of the molecule is CCCCCCCCCCP(=S)(CCCCCCCCCC)NP(=S)(CCCCCCCCCC)CCCCCCCCCC. The van der Waals surface area contributed by atoms with Gasteiger partial charge in [-0.2, -0.15) is 0 Å². The maximum Gasteiger partial charge on any atom is 0.0164 e. The quantitative estimate of drug-likeness (QED) is 0.0507. The predicted molar refractivity (Wildman–Crippen MR) is 222 cm³/mol. The molecule has 0 saturated carbocycles. The molecule has 0 aromatic rings. The molecule has 45 heavy (non-hydrogen) atoms. The molecule has 0 bridgehead atoms. The van der Waals surface area contributed by atoms with Crippen molar-refractivity contribution < 1.29 is 0 Å². The van der Waals surface area contributed by atoms with Crippen LogP contribution in [0.2, 0.25) is 0 Å². The minimum Gasteiger partial charge on any atom is -0.259 e. The van der Waals surface area contributed by atoms with Gasteiger partial charge in [-0.15, -0.1) is 0 Å². The first-order chi connectivity index (χ1) is 21.9. The maximum atomic E-state index is 6.70. The minimum atomic E-state index is -1.59. The molecular formula is C40H85NP2S2. The van der Waals surface area contributed by atoms with E-state index in [9.17, 15) is 0 Å². The molecule has 0 aliphatic heterocycles. The summed E-state index contributed by atoms with van der Waals surface area (Å²) in [6.45, 7) is 9.27. The van der Waals surface area contributed by atoms with E-state index in [4.69, 9.17) is 23.6 Å². The summed E-state index contributed by atoms with van der Waals surface area (Å²) in [5, 5.41) is 0. The van der Waals surface area contributed by atoms with Gasteiger partial charge in [-0.3, -0.25) is 4.86 Å². The van der Waals surface area contributed by atoms with E-state index >= 15 is 0 Å². The number of hydrogen-bond acceptors (Lipinski definition) is 2. The first-order valence-corrected chi connectivity index (χ1v) is 27.3. The van der Waals surface area contributed by atoms with Crippen molar-refractivity contribution in [2.24, 2.45) is 0 Å². The van der Waals surface area contributed by atoms with Crippen molar-refractivity contribution in [1.29, 1.82) is 0 Å². The highest BCUT2D eigenvalue weighted by Crippen LogP contribution is 2.57. The average Bonchev–Trinajstić information content (AvgIpc) is 3.02. The fourth-order valence-electron chi connectivity index (χ4n) is 6.76. The first-order valence-electron chi connectivity index (χ1n) is 20.9. The summed E-state index contributed by atoms with van der Waals surface area (Å²) in [5.74, 6) is 0. The van der Waals surface area contributed by atoms with Crippen molar-refractivity contribution in [1.82, 2.24) is 4.86 Å². The van der Waals surface area contributed by atoms with Crippen LogP contribution in [0, 0.1) is 0 Å². The van der Waals surface area contributed by atoms with Crippen molar-refractivity contribution in [2.75, 3.05) is 24.6 Å². The smallest absolute Gasteiger partial charge is 0.0164 e. The second-order valence-corrected chi connectivity index (χ2v) is 25.0. The van der Waals surface area contributed by atoms with E-state index in [1.54, 1.807) is 0 Å². The topological polar surface area (TPSA) is 12.0 Å². The molecule has 0 aromatic carbocycles. The molecule has 0 aliphatic carbocycles. The Hall–Kier alpha value is 1.26. The van der Waals surface area contributed by atoms with E-state index in [1.165, 1.54) is 230 Å². The Morgan fingerprint density at radius 1 is 0.267 bits per heavy atom. The van der Waals surface area contributed by atoms with Crippen molar-refractivity contribution in [3.8, 4) is 0 Å². The summed E-state index contributed by atoms with van der Waals surface area (Å²) >= 11 is 13.4. The summed E-state index contributed by atoms with van der Waals surface area (Å²) in [5.41, 5.74) is 0. The number of nitrogens with one attached hydrogen (secondary N) is 1. The molecule has 0 aliphatic rings. The van der Waals surface area contributed by atoms with Crippen molar-refractivity contribution in [3.63, 3.8) is 0 Å². The molecule has 0 unspecified atom stereocenters. The third-order valence-corrected chi connectivity index (χ3v) is 20.6. The zero-order valence-electron chi connectivity index (χ0n) is 31.7. The highest BCUT2D eigenvalue weighted by atomic mass is 32.5. The van der Waals surface area contributed by atoms with Gasteiger partial charge in [0.1, 0.15) is 0 Å². The van der Waals surface area contributed by atoms with Crippen LogP contribution >= 0.6 is 12.4 Å². The number of hydrogen-bond donors (Lipinski definition) is 1. The normalized spacial score (nSPS) is 12.4. The minimum absolute atomic E-state index is 1.26. The molecule has 0 heterocycles. The monoisotopic (exact) mass is 706 g/mol. The van der Waals surface area contributed by atoms with Crippen molar-refractivity contribution >= 4 is 36.0 Å². The van der Waals surface area contributed by atoms with E-state index in [-0.39, 0.29) is 0 Å². The molecule has 1 N–H and O–H groups in total. The van der Waals surface area contributed by atoms with Gasteiger partial charge in [0.25, 0.3) is 0 Å². The Morgan fingerprint density at radius 2 is 0.422 bits per heavy atom. The maximum absolute atomic E-state index is 6.70. The lowest BCUT2D eigenvalue weighted by atomic mass is 10.1. The third kappa shape index (κ3) is 32.2. The molecule has 0 radical (unpaired) electrons. The van der Waals surface area contributed by atoms with E-state index in [2.05, 4.69) is 32.6 Å². The average molecular weight is 706 g/mol. The summed E-state index contributed by atoms with van der Waals surface area (Å²) in [6.07, 6.45) is 46.4. The fraction of sp³-hybridized carbons (Fsp3) is 1.00. The zero-order valence-corrected chi connectivity index (χ0v) is 35.1. The van der Waals surface area contributed by atoms with Crippen molar-refractivity contribution in [3.05, 3.63) is 0 Å². The second-order valence-electron chi connectivity index (χ2n) is 14.7. The van der Waals surface area contributed by atoms with Crippen LogP contribution in [0.25, 0.3) is 0 Å². The predicted octanol–water partition coefficient (Wildman–Crippen LogP) is 15.9. The molecule has 0 amide bonds. The Labute approximate surface area is 297 Å². The summed E-state index contributed by atoms with van der Waals surface area (Å²) in [6, 6.07) is 0. The highest BCUT2D eigenvalue weighted by molar-refractivity contribution is 8.22. The molecule has 0 rings (SSSR count). The molecule has 0 atom stereocenters. The highest BCUT2D eigenvalue weighted by Gasteiger charge is 2.25. The van der Waals surface area contributed by atoms with Gasteiger partial charge in [-0.25, -0.2) is 0 Å². The van der Waals surface area contributed by atoms with Gasteiger partial charge in [0, 0.05) is 12.4 Å². The van der Waals surface area contributed by atoms with Gasteiger partial charge in [0.15, 0.2) is 0 Å². The van der Waals surface area contributed by atoms with Gasteiger partial charge in [0.2, 0.25) is 0 Å². The summed E-state index contributed by atoms with van der Waals surface area (Å²) in [7, 11) is 0. The standard InChI is InChI=1S/C40H85NP2S2/c1-5-9-13-17-21-25-29-33-37-42(44,38-34-30-26-22-18-14-10-6-2)41-43(45,39-35-31-27-23-19-15-11-7-3)40-36-32-28-24-20-16-12-8-4/h5-40H2,1-4H3,(H,41,44,45). The van der Waals surface area contributed by atoms with Crippen LogP contribution < -0.4 is 4.86 Å². The molecule has 0 aromatic heterocycles. The molecule has 5 heteroatoms. The Morgan fingerprint density at radius 3 is 0.600 bits per heavy atom. The van der Waals surface area contributed by atoms with Crippen LogP contribution in [-0.4, -0.2) is 24.6 Å². The van der Waals surface area contributed by atoms with Crippen molar-refractivity contribution in [2.45, 2.75) is 233 Å². The Bertz CT molecular complexity index is 579. The molecule has 0 fully saturated rings. The molecular weight excluding hydrogens is 621 g/mol. The Kier molecular flexibility index (Phi) is 36.1. The van der Waals surface area contributed by atoms with Crippen LogP contribution in [0.1, 0.15) is 233 Å². The van der Waals surface area contributed by atoms with Gasteiger partial charge < -0.3 is 0 Å². The van der Waals surface area contributed by atoms with Crippen LogP contribution in [0.4, 0.5) is 0 Å². The van der Waals surface area contributed by atoms with Gasteiger partial charge in [0.05, 0.1) is 0 Å². The van der Waals surface area contributed by atoms with Gasteiger partial charge >= 0.3 is 0 Å². The Balaban J connectivity index is 5.09. The molecule has 272 valence electrons. The number of rotatable bonds is 38. The lowest BCUT2D eigenvalue weighted by Crippen LogP contribution is -2.17. The molecule has 0 saturated heterocycles. The van der Waals surface area contributed by atoms with Gasteiger partial charge in [-0.1, -0.05) is 231 Å². The summed E-state index contributed by atoms with van der Waals surface area (Å²) < 4.78 is 0. The zero-order chi connectivity index (χ0) is 33.2. The molecule has 1 nitrogen and oxygen atoms in total. The lowest BCUT2D eigenvalue weighted by molar-refractivity contribution is 0.582. The van der Waals surface area contributed by atoms with E-state index in [1.807, 2.05) is 0 Å². The van der Waals surface area contributed by atoms with E-state index in [0.717, 1.165) is 0 Å².